The summed E-state index contributed by atoms with van der Waals surface area (Å²) in [4.78, 5) is 25.3. The summed E-state index contributed by atoms with van der Waals surface area (Å²) in [6.45, 7) is 1.70. The average molecular weight is 398 g/mol. The molecule has 0 atom stereocenters. The van der Waals surface area contributed by atoms with Crippen LogP contribution >= 0.6 is 11.8 Å². The number of hydrogen-bond acceptors (Lipinski definition) is 5. The Labute approximate surface area is 158 Å². The Hall–Kier alpha value is -1.58. The molecule has 2 aliphatic rings. The lowest BCUT2D eigenvalue weighted by atomic mass is 10.2. The van der Waals surface area contributed by atoms with E-state index in [-0.39, 0.29) is 22.6 Å². The van der Waals surface area contributed by atoms with Gasteiger partial charge in [0.15, 0.2) is 0 Å². The van der Waals surface area contributed by atoms with Crippen molar-refractivity contribution in [1.29, 1.82) is 0 Å². The first kappa shape index (κ1) is 19.2. The van der Waals surface area contributed by atoms with E-state index in [0.717, 1.165) is 25.7 Å². The molecular formula is C17H23N3O4S2. The topological polar surface area (TPSA) is 86.8 Å². The summed E-state index contributed by atoms with van der Waals surface area (Å²) in [5.41, 5.74) is 0.518. The van der Waals surface area contributed by atoms with Gasteiger partial charge in [0.25, 0.3) is 5.24 Å². The van der Waals surface area contributed by atoms with Crippen LogP contribution in [0.1, 0.15) is 25.7 Å². The van der Waals surface area contributed by atoms with E-state index in [1.165, 1.54) is 28.8 Å². The summed E-state index contributed by atoms with van der Waals surface area (Å²) < 4.78 is 27.0. The Bertz CT molecular complexity index is 757. The monoisotopic (exact) mass is 397 g/mol. The zero-order chi connectivity index (χ0) is 18.6. The van der Waals surface area contributed by atoms with Crippen LogP contribution in [0.15, 0.2) is 29.2 Å². The molecule has 1 aromatic rings. The summed E-state index contributed by atoms with van der Waals surface area (Å²) in [5.74, 6) is 0.416. The maximum absolute atomic E-state index is 12.7. The van der Waals surface area contributed by atoms with Crippen molar-refractivity contribution in [3.8, 4) is 0 Å². The van der Waals surface area contributed by atoms with Crippen LogP contribution in [0.2, 0.25) is 0 Å². The van der Waals surface area contributed by atoms with Crippen LogP contribution in [0.5, 0.6) is 0 Å². The van der Waals surface area contributed by atoms with Crippen LogP contribution in [0.3, 0.4) is 0 Å². The molecule has 3 rings (SSSR count). The standard InChI is InChI=1S/C17H23N3O4S2/c21-16(13-19-11-12-25-17(19)22)18-14-5-7-15(8-6-14)26(23,24)20-9-3-1-2-4-10-20/h5-8H,1-4,9-13H2,(H,18,21). The highest BCUT2D eigenvalue weighted by Gasteiger charge is 2.25. The van der Waals surface area contributed by atoms with Crippen LogP contribution in [0, 0.1) is 0 Å². The zero-order valence-electron chi connectivity index (χ0n) is 14.5. The van der Waals surface area contributed by atoms with Crippen LogP contribution in [-0.2, 0) is 14.8 Å². The molecule has 2 aliphatic heterocycles. The number of nitrogens with zero attached hydrogens (tertiary/aromatic N) is 2. The number of hydrogen-bond donors (Lipinski definition) is 1. The van der Waals surface area contributed by atoms with E-state index in [2.05, 4.69) is 5.32 Å². The summed E-state index contributed by atoms with van der Waals surface area (Å²) in [7, 11) is -3.49. The predicted molar refractivity (Wildman–Crippen MR) is 102 cm³/mol. The van der Waals surface area contributed by atoms with Gasteiger partial charge in [-0.15, -0.1) is 0 Å². The summed E-state index contributed by atoms with van der Waals surface area (Å²) in [6, 6.07) is 6.21. The highest BCUT2D eigenvalue weighted by molar-refractivity contribution is 8.13. The molecule has 2 saturated heterocycles. The third-order valence-electron chi connectivity index (χ3n) is 4.52. The van der Waals surface area contributed by atoms with Gasteiger partial charge >= 0.3 is 0 Å². The van der Waals surface area contributed by atoms with E-state index >= 15 is 0 Å². The van der Waals surface area contributed by atoms with Crippen molar-refractivity contribution in [3.63, 3.8) is 0 Å². The van der Waals surface area contributed by atoms with E-state index < -0.39 is 10.0 Å². The van der Waals surface area contributed by atoms with Gasteiger partial charge in [-0.1, -0.05) is 24.6 Å². The summed E-state index contributed by atoms with van der Waals surface area (Å²) in [5, 5.41) is 2.62. The van der Waals surface area contributed by atoms with E-state index in [4.69, 9.17) is 0 Å². The fourth-order valence-electron chi connectivity index (χ4n) is 3.08. The number of thioether (sulfide) groups is 1. The van der Waals surface area contributed by atoms with Gasteiger partial charge in [0.05, 0.1) is 4.90 Å². The van der Waals surface area contributed by atoms with Gasteiger partial charge in [-0.3, -0.25) is 9.59 Å². The number of amides is 2. The molecule has 0 radical (unpaired) electrons. The molecule has 2 fully saturated rings. The van der Waals surface area contributed by atoms with E-state index in [1.807, 2.05) is 0 Å². The van der Waals surface area contributed by atoms with Gasteiger partial charge in [0.1, 0.15) is 6.54 Å². The van der Waals surface area contributed by atoms with Crippen molar-refractivity contribution in [2.45, 2.75) is 30.6 Å². The van der Waals surface area contributed by atoms with Gasteiger partial charge in [-0.25, -0.2) is 8.42 Å². The molecule has 0 spiro atoms. The predicted octanol–water partition coefficient (Wildman–Crippen LogP) is 2.36. The number of nitrogens with one attached hydrogen (secondary N) is 1. The fraction of sp³-hybridized carbons (Fsp3) is 0.529. The first-order valence-electron chi connectivity index (χ1n) is 8.78. The lowest BCUT2D eigenvalue weighted by Gasteiger charge is -2.20. The van der Waals surface area contributed by atoms with Crippen molar-refractivity contribution >= 4 is 38.6 Å². The van der Waals surface area contributed by atoms with E-state index in [9.17, 15) is 18.0 Å². The number of carbonyl (C=O) groups is 2. The van der Waals surface area contributed by atoms with Crippen LogP contribution in [0.25, 0.3) is 0 Å². The van der Waals surface area contributed by atoms with Crippen LogP contribution in [-0.4, -0.2) is 60.7 Å². The van der Waals surface area contributed by atoms with Gasteiger partial charge in [0, 0.05) is 31.1 Å². The SMILES string of the molecule is O=C(CN1CCSC1=O)Nc1ccc(S(=O)(=O)N2CCCCCC2)cc1. The number of anilines is 1. The Balaban J connectivity index is 1.62. The molecule has 1 N–H and O–H groups in total. The zero-order valence-corrected chi connectivity index (χ0v) is 16.2. The normalized spacial score (nSPS) is 19.4. The third-order valence-corrected chi connectivity index (χ3v) is 7.33. The molecule has 142 valence electrons. The molecule has 26 heavy (non-hydrogen) atoms. The molecule has 0 saturated carbocycles. The molecule has 1 aromatic carbocycles. The van der Waals surface area contributed by atoms with Crippen molar-refractivity contribution in [3.05, 3.63) is 24.3 Å². The second-order valence-corrected chi connectivity index (χ2v) is 9.41. The highest BCUT2D eigenvalue weighted by atomic mass is 32.2. The van der Waals surface area contributed by atoms with E-state index in [0.29, 0.717) is 31.1 Å². The minimum atomic E-state index is -3.49. The molecule has 2 heterocycles. The maximum atomic E-state index is 12.7. The summed E-state index contributed by atoms with van der Waals surface area (Å²) >= 11 is 1.21. The first-order chi connectivity index (χ1) is 12.5. The minimum Gasteiger partial charge on any atom is -0.325 e. The van der Waals surface area contributed by atoms with Gasteiger partial charge in [-0.05, 0) is 37.1 Å². The van der Waals surface area contributed by atoms with Gasteiger partial charge < -0.3 is 10.2 Å². The van der Waals surface area contributed by atoms with Crippen molar-refractivity contribution in [1.82, 2.24) is 9.21 Å². The molecule has 2 amide bonds. The molecule has 0 aromatic heterocycles. The van der Waals surface area contributed by atoms with E-state index in [1.54, 1.807) is 16.4 Å². The lowest BCUT2D eigenvalue weighted by Crippen LogP contribution is -2.33. The second-order valence-electron chi connectivity index (χ2n) is 6.43. The number of carbonyl (C=O) groups excluding carboxylic acids is 2. The molecule has 0 bridgehead atoms. The number of rotatable bonds is 5. The lowest BCUT2D eigenvalue weighted by molar-refractivity contribution is -0.116. The molecule has 0 aliphatic carbocycles. The quantitative estimate of drug-likeness (QED) is 0.824. The first-order valence-corrected chi connectivity index (χ1v) is 11.2. The maximum Gasteiger partial charge on any atom is 0.282 e. The van der Waals surface area contributed by atoms with Crippen LogP contribution < -0.4 is 5.32 Å². The second kappa shape index (κ2) is 8.41. The summed E-state index contributed by atoms with van der Waals surface area (Å²) in [6.07, 6.45) is 3.91. The number of sulfonamides is 1. The van der Waals surface area contributed by atoms with Gasteiger partial charge in [0.2, 0.25) is 15.9 Å². The Morgan fingerprint density at radius 3 is 2.27 bits per heavy atom. The Kier molecular flexibility index (Phi) is 6.20. The Morgan fingerprint density at radius 1 is 1.04 bits per heavy atom. The Morgan fingerprint density at radius 2 is 1.69 bits per heavy atom. The highest BCUT2D eigenvalue weighted by Crippen LogP contribution is 2.22. The van der Waals surface area contributed by atoms with Crippen molar-refractivity contribution in [2.75, 3.05) is 37.2 Å². The molecule has 9 heteroatoms. The molecular weight excluding hydrogens is 374 g/mol. The van der Waals surface area contributed by atoms with Gasteiger partial charge in [-0.2, -0.15) is 4.31 Å². The largest absolute Gasteiger partial charge is 0.325 e. The van der Waals surface area contributed by atoms with Crippen LogP contribution in [0.4, 0.5) is 10.5 Å². The van der Waals surface area contributed by atoms with Crippen molar-refractivity contribution in [2.24, 2.45) is 0 Å². The number of benzene rings is 1. The molecule has 7 nitrogen and oxygen atoms in total. The third kappa shape index (κ3) is 4.57. The fourth-order valence-corrected chi connectivity index (χ4v) is 5.43. The minimum absolute atomic E-state index is 0.0136. The average Bonchev–Trinajstić information content (AvgIpc) is 2.86. The molecule has 0 unspecified atom stereocenters. The smallest absolute Gasteiger partial charge is 0.282 e. The van der Waals surface area contributed by atoms with Crippen molar-refractivity contribution < 1.29 is 18.0 Å².